The van der Waals surface area contributed by atoms with Crippen molar-refractivity contribution < 1.29 is 5.11 Å². The molecule has 0 spiro atoms. The van der Waals surface area contributed by atoms with E-state index in [-0.39, 0.29) is 6.61 Å². The Labute approximate surface area is 155 Å². The molecular weight excluding hydrogens is 340 g/mol. The van der Waals surface area contributed by atoms with Crippen LogP contribution in [0.4, 0.5) is 5.82 Å². The minimum atomic E-state index is -0.0250. The second-order valence-electron chi connectivity index (χ2n) is 6.10. The zero-order valence-electron chi connectivity index (χ0n) is 14.5. The van der Waals surface area contributed by atoms with E-state index in [0.29, 0.717) is 39.8 Å². The van der Waals surface area contributed by atoms with E-state index < -0.39 is 0 Å². The van der Waals surface area contributed by atoms with E-state index in [0.717, 1.165) is 11.3 Å². The van der Waals surface area contributed by atoms with Crippen molar-refractivity contribution in [2.45, 2.75) is 6.61 Å². The number of imidazole rings is 1. The van der Waals surface area contributed by atoms with Crippen LogP contribution >= 0.6 is 0 Å². The smallest absolute Gasteiger partial charge is 0.165 e. The molecule has 3 aromatic heterocycles. The van der Waals surface area contributed by atoms with Gasteiger partial charge in [-0.05, 0) is 42.0 Å². The Morgan fingerprint density at radius 2 is 1.85 bits per heavy atom. The number of nitrogens with zero attached hydrogens (tertiary/aromatic N) is 4. The molecule has 134 valence electrons. The molecule has 7 nitrogen and oxygen atoms in total. The van der Waals surface area contributed by atoms with Gasteiger partial charge in [-0.3, -0.25) is 4.57 Å². The molecule has 0 bridgehead atoms. The second kappa shape index (κ2) is 6.54. The van der Waals surface area contributed by atoms with Crippen LogP contribution in [0.1, 0.15) is 11.3 Å². The third kappa shape index (κ3) is 2.90. The van der Waals surface area contributed by atoms with Gasteiger partial charge < -0.3 is 16.6 Å². The van der Waals surface area contributed by atoms with Crippen LogP contribution in [0.25, 0.3) is 33.9 Å². The summed E-state index contributed by atoms with van der Waals surface area (Å²) < 4.78 is 1.90. The molecule has 0 aliphatic heterocycles. The van der Waals surface area contributed by atoms with Gasteiger partial charge in [-0.25, -0.2) is 15.0 Å². The number of benzene rings is 1. The average Bonchev–Trinajstić information content (AvgIpc) is 3.06. The van der Waals surface area contributed by atoms with Crippen molar-refractivity contribution in [1.29, 1.82) is 0 Å². The van der Waals surface area contributed by atoms with Crippen LogP contribution in [0.3, 0.4) is 0 Å². The summed E-state index contributed by atoms with van der Waals surface area (Å²) in [5.41, 5.74) is 16.6. The lowest BCUT2D eigenvalue weighted by Gasteiger charge is -2.11. The number of hydrogen-bond donors (Lipinski definition) is 3. The summed E-state index contributed by atoms with van der Waals surface area (Å²) in [5.74, 6) is 1.00. The number of rotatable bonds is 4. The predicted octanol–water partition coefficient (Wildman–Crippen LogP) is 2.49. The first-order valence-electron chi connectivity index (χ1n) is 8.34. The highest BCUT2D eigenvalue weighted by Gasteiger charge is 2.18. The van der Waals surface area contributed by atoms with Crippen molar-refractivity contribution in [3.8, 4) is 17.1 Å². The maximum atomic E-state index is 9.32. The molecule has 0 saturated carbocycles. The topological polar surface area (TPSA) is 116 Å². The first-order chi connectivity index (χ1) is 13.1. The number of aliphatic hydroxyl groups excluding tert-OH is 1. The van der Waals surface area contributed by atoms with Crippen LogP contribution in [-0.2, 0) is 6.61 Å². The van der Waals surface area contributed by atoms with Gasteiger partial charge >= 0.3 is 0 Å². The van der Waals surface area contributed by atoms with Gasteiger partial charge in [0.25, 0.3) is 0 Å². The van der Waals surface area contributed by atoms with Crippen molar-refractivity contribution in [1.82, 2.24) is 19.5 Å². The Kier molecular flexibility index (Phi) is 4.06. The SMILES string of the molecule is C=C(N)c1ccc2nc(-c3cccnc3N)n(-c3ccc(CO)cc3)c2n1. The number of aromatic nitrogens is 4. The summed E-state index contributed by atoms with van der Waals surface area (Å²) in [5, 5.41) is 9.32. The number of aliphatic hydroxyl groups is 1. The van der Waals surface area contributed by atoms with Crippen molar-refractivity contribution in [3.05, 3.63) is 72.6 Å². The molecule has 0 aliphatic carbocycles. The molecule has 0 saturated heterocycles. The number of nitrogen functional groups attached to an aromatic ring is 1. The number of fused-ring (bicyclic) bond motifs is 1. The van der Waals surface area contributed by atoms with Crippen LogP contribution in [0, 0.1) is 0 Å². The lowest BCUT2D eigenvalue weighted by atomic mass is 10.2. The van der Waals surface area contributed by atoms with Gasteiger partial charge in [-0.15, -0.1) is 0 Å². The molecule has 0 amide bonds. The summed E-state index contributed by atoms with van der Waals surface area (Å²) in [7, 11) is 0. The van der Waals surface area contributed by atoms with E-state index in [9.17, 15) is 5.11 Å². The summed E-state index contributed by atoms with van der Waals surface area (Å²) >= 11 is 0. The monoisotopic (exact) mass is 358 g/mol. The Morgan fingerprint density at radius 3 is 2.52 bits per heavy atom. The van der Waals surface area contributed by atoms with Crippen LogP contribution < -0.4 is 11.5 Å². The van der Waals surface area contributed by atoms with Gasteiger partial charge in [0, 0.05) is 11.9 Å². The van der Waals surface area contributed by atoms with E-state index in [1.807, 2.05) is 47.0 Å². The zero-order valence-corrected chi connectivity index (χ0v) is 14.5. The first-order valence-corrected chi connectivity index (χ1v) is 8.34. The van der Waals surface area contributed by atoms with Crippen molar-refractivity contribution in [2.24, 2.45) is 5.73 Å². The van der Waals surface area contributed by atoms with Crippen molar-refractivity contribution in [3.63, 3.8) is 0 Å². The predicted molar refractivity (Wildman–Crippen MR) is 106 cm³/mol. The molecular formula is C20H18N6O. The van der Waals surface area contributed by atoms with Gasteiger partial charge in [0.05, 0.1) is 23.6 Å². The van der Waals surface area contributed by atoms with Gasteiger partial charge in [-0.1, -0.05) is 18.7 Å². The summed E-state index contributed by atoms with van der Waals surface area (Å²) in [4.78, 5) is 13.5. The molecule has 1 aromatic carbocycles. The Balaban J connectivity index is 2.04. The molecule has 4 rings (SSSR count). The fraction of sp³-hybridized carbons (Fsp3) is 0.0500. The fourth-order valence-electron chi connectivity index (χ4n) is 2.92. The number of pyridine rings is 2. The summed E-state index contributed by atoms with van der Waals surface area (Å²) in [6.45, 7) is 3.74. The quantitative estimate of drug-likeness (QED) is 0.516. The van der Waals surface area contributed by atoms with E-state index in [2.05, 4.69) is 16.5 Å². The average molecular weight is 358 g/mol. The van der Waals surface area contributed by atoms with Crippen LogP contribution in [0.15, 0.2) is 61.3 Å². The summed E-state index contributed by atoms with van der Waals surface area (Å²) in [6, 6.07) is 14.8. The third-order valence-electron chi connectivity index (χ3n) is 4.29. The minimum Gasteiger partial charge on any atom is -0.397 e. The molecule has 0 unspecified atom stereocenters. The van der Waals surface area contributed by atoms with E-state index in [1.165, 1.54) is 0 Å². The first kappa shape index (κ1) is 16.7. The number of hydrogen-bond acceptors (Lipinski definition) is 6. The molecule has 0 aliphatic rings. The van der Waals surface area contributed by atoms with Crippen molar-refractivity contribution in [2.75, 3.05) is 5.73 Å². The molecule has 3 heterocycles. The van der Waals surface area contributed by atoms with Gasteiger partial charge in [0.2, 0.25) is 0 Å². The highest BCUT2D eigenvalue weighted by molar-refractivity contribution is 5.83. The number of nitrogens with two attached hydrogens (primary N) is 2. The lowest BCUT2D eigenvalue weighted by molar-refractivity contribution is 0.282. The molecule has 27 heavy (non-hydrogen) atoms. The molecule has 7 heteroatoms. The van der Waals surface area contributed by atoms with E-state index >= 15 is 0 Å². The van der Waals surface area contributed by atoms with Gasteiger partial charge in [-0.2, -0.15) is 0 Å². The summed E-state index contributed by atoms with van der Waals surface area (Å²) in [6.07, 6.45) is 1.64. The standard InChI is InChI=1S/C20H18N6O/c1-12(21)16-8-9-17-20(24-16)26(14-6-4-13(11-27)5-7-14)19(25-17)15-3-2-10-23-18(15)22/h2-10,27H,1,11,21H2,(H2,22,23). The van der Waals surface area contributed by atoms with Gasteiger partial charge in [0.1, 0.15) is 11.3 Å². The molecule has 0 atom stereocenters. The molecule has 0 radical (unpaired) electrons. The molecule has 5 N–H and O–H groups in total. The lowest BCUT2D eigenvalue weighted by Crippen LogP contribution is -2.03. The normalized spacial score (nSPS) is 11.0. The third-order valence-corrected chi connectivity index (χ3v) is 4.29. The van der Waals surface area contributed by atoms with Crippen molar-refractivity contribution >= 4 is 22.7 Å². The maximum Gasteiger partial charge on any atom is 0.165 e. The largest absolute Gasteiger partial charge is 0.397 e. The van der Waals surface area contributed by atoms with Gasteiger partial charge in [0.15, 0.2) is 11.5 Å². The van der Waals surface area contributed by atoms with Crippen LogP contribution in [-0.4, -0.2) is 24.6 Å². The van der Waals surface area contributed by atoms with E-state index in [1.54, 1.807) is 12.3 Å². The molecule has 0 fully saturated rings. The maximum absolute atomic E-state index is 9.32. The van der Waals surface area contributed by atoms with Crippen LogP contribution in [0.5, 0.6) is 0 Å². The second-order valence-corrected chi connectivity index (χ2v) is 6.10. The van der Waals surface area contributed by atoms with Crippen LogP contribution in [0.2, 0.25) is 0 Å². The fourth-order valence-corrected chi connectivity index (χ4v) is 2.92. The number of anilines is 1. The highest BCUT2D eigenvalue weighted by atomic mass is 16.3. The highest BCUT2D eigenvalue weighted by Crippen LogP contribution is 2.30. The molecule has 4 aromatic rings. The Morgan fingerprint density at radius 1 is 1.07 bits per heavy atom. The Bertz CT molecular complexity index is 1150. The minimum absolute atomic E-state index is 0.0250. The zero-order chi connectivity index (χ0) is 19.0. The Hall–Kier alpha value is -3.71. The van der Waals surface area contributed by atoms with E-state index in [4.69, 9.17) is 16.5 Å².